The first-order valence-electron chi connectivity index (χ1n) is 15.4. The van der Waals surface area contributed by atoms with Gasteiger partial charge in [-0.2, -0.15) is 0 Å². The molecule has 14 unspecified atom stereocenters. The van der Waals surface area contributed by atoms with E-state index in [-0.39, 0.29) is 0 Å². The second kappa shape index (κ2) is 5.73. The summed E-state index contributed by atoms with van der Waals surface area (Å²) < 4.78 is 0.667. The molecule has 0 nitrogen and oxygen atoms in total. The van der Waals surface area contributed by atoms with Crippen LogP contribution in [0, 0.1) is 71.4 Å². The van der Waals surface area contributed by atoms with Crippen LogP contribution in [0.2, 0.25) is 2.97 Å². The van der Waals surface area contributed by atoms with E-state index < -0.39 is 0 Å². The van der Waals surface area contributed by atoms with Crippen molar-refractivity contribution in [2.24, 2.45) is 71.4 Å². The quantitative estimate of drug-likeness (QED) is 0.176. The summed E-state index contributed by atoms with van der Waals surface area (Å²) in [6.45, 7) is 45.0. The van der Waals surface area contributed by atoms with Crippen LogP contribution in [0.5, 0.6) is 0 Å². The van der Waals surface area contributed by atoms with Gasteiger partial charge in [0.2, 0.25) is 0 Å². The van der Waals surface area contributed by atoms with Gasteiger partial charge in [-0.05, 0) is 0 Å². The van der Waals surface area contributed by atoms with Gasteiger partial charge in [0.05, 0.1) is 0 Å². The molecule has 2 heteroatoms. The molecule has 0 aliphatic heterocycles. The number of hydrogen-bond donors (Lipinski definition) is 0. The molecule has 0 saturated heterocycles. The van der Waals surface area contributed by atoms with E-state index in [0.29, 0.717) is 67.7 Å². The monoisotopic (exact) mass is 690 g/mol. The SMILES string of the molecule is CC.CC.CC.CC1C2(P)C(C)C3(C)[C]4([Tl])C5(C)C(C)(C)C6(C)C(C)(C)C7(C)C8(C)C1(C)C23C84C675. The average Bonchev–Trinajstić information content (AvgIpc) is 2.86. The van der Waals surface area contributed by atoms with Crippen LogP contribution < -0.4 is 0 Å². The number of rotatable bonds is 0. The molecule has 0 aromatic carbocycles. The maximum absolute atomic E-state index is 3.56. The van der Waals surface area contributed by atoms with Crippen molar-refractivity contribution >= 4 is 35.0 Å². The zero-order chi connectivity index (χ0) is 27.7. The molecular weight excluding hydrogens is 632 g/mol. The first-order valence-corrected chi connectivity index (χ1v) is 18.2. The Morgan fingerprint density at radius 3 is 1.29 bits per heavy atom. The van der Waals surface area contributed by atoms with Gasteiger partial charge in [0, 0.05) is 0 Å². The van der Waals surface area contributed by atoms with Crippen LogP contribution in [0.15, 0.2) is 0 Å². The van der Waals surface area contributed by atoms with Crippen molar-refractivity contribution in [1.29, 1.82) is 0 Å². The predicted octanol–water partition coefficient (Wildman–Crippen LogP) is 9.44. The van der Waals surface area contributed by atoms with Crippen molar-refractivity contribution < 1.29 is 0 Å². The summed E-state index contributed by atoms with van der Waals surface area (Å²) in [5.74, 6) is 1.73. The van der Waals surface area contributed by atoms with Gasteiger partial charge < -0.3 is 0 Å². The Bertz CT molecular complexity index is 1000. The van der Waals surface area contributed by atoms with Gasteiger partial charge in [0.1, 0.15) is 0 Å². The van der Waals surface area contributed by atoms with Crippen molar-refractivity contribution in [3.8, 4) is 0 Å². The van der Waals surface area contributed by atoms with Crippen LogP contribution in [0.25, 0.3) is 0 Å². The van der Waals surface area contributed by atoms with E-state index in [1.165, 1.54) is 0 Å². The zero-order valence-electron chi connectivity index (χ0n) is 26.8. The van der Waals surface area contributed by atoms with E-state index >= 15 is 0 Å². The molecule has 0 radical (unpaired) electrons. The molecule has 8 aliphatic rings. The van der Waals surface area contributed by atoms with Gasteiger partial charge in [-0.25, -0.2) is 0 Å². The van der Waals surface area contributed by atoms with Crippen LogP contribution in [0.1, 0.15) is 125 Å². The molecule has 0 bridgehead atoms. The summed E-state index contributed by atoms with van der Waals surface area (Å²) in [6.07, 6.45) is 0. The van der Waals surface area contributed by atoms with Gasteiger partial charge >= 0.3 is 198 Å². The first-order chi connectivity index (χ1) is 15.8. The van der Waals surface area contributed by atoms with Crippen LogP contribution >= 0.6 is 9.24 Å². The molecule has 0 heterocycles. The first kappa shape index (κ1) is 27.9. The second-order valence-corrected chi connectivity index (χ2v) is 19.9. The number of fused-ring (bicyclic) bond motifs is 4. The Hall–Kier alpha value is 1.35. The summed E-state index contributed by atoms with van der Waals surface area (Å²) in [5, 5.41) is 0.520. The topological polar surface area (TPSA) is 0 Å². The van der Waals surface area contributed by atoms with E-state index in [0.717, 1.165) is 37.6 Å². The zero-order valence-corrected chi connectivity index (χ0v) is 32.5. The van der Waals surface area contributed by atoms with Crippen LogP contribution in [0.3, 0.4) is 0 Å². The van der Waals surface area contributed by atoms with Gasteiger partial charge in [-0.3, -0.25) is 0 Å². The minimum absolute atomic E-state index is 0.430. The van der Waals surface area contributed by atoms with Crippen LogP contribution in [-0.2, 0) is 0 Å². The Morgan fingerprint density at radius 1 is 0.486 bits per heavy atom. The summed E-state index contributed by atoms with van der Waals surface area (Å²) >= 11 is 1.10. The van der Waals surface area contributed by atoms with Gasteiger partial charge in [-0.15, -0.1) is 0 Å². The molecule has 35 heavy (non-hydrogen) atoms. The van der Waals surface area contributed by atoms with E-state index in [1.807, 2.05) is 41.5 Å². The third-order valence-corrected chi connectivity index (χ3v) is 26.4. The van der Waals surface area contributed by atoms with E-state index in [1.54, 1.807) is 0 Å². The molecule has 3 spiro atoms. The molecule has 0 N–H and O–H groups in total. The molecule has 198 valence electrons. The standard InChI is InChI=1S/C27H40P.3C2H6.Tl/c1-13-18(7)15-20(9)16(3,4)21(10)17(5,6)22(11)23(12)19(8)14(2)24(13,28)26(18,19)25(15,23)27(20,21)22;3*1-2;/h13-14H,28H2,1-12H3;3*1-2H3;. The molecule has 0 aromatic heterocycles. The second-order valence-electron chi connectivity index (χ2n) is 15.6. The molecule has 8 fully saturated rings. The minimum atomic E-state index is 0.430. The molecule has 8 rings (SSSR count). The molecule has 14 atom stereocenters. The van der Waals surface area contributed by atoms with Crippen molar-refractivity contribution in [1.82, 2.24) is 0 Å². The summed E-state index contributed by atoms with van der Waals surface area (Å²) in [4.78, 5) is 0. The number of hydrogen-bond acceptors (Lipinski definition) is 0. The Kier molecular flexibility index (Phi) is 4.57. The molecule has 0 aromatic rings. The Morgan fingerprint density at radius 2 is 0.857 bits per heavy atom. The average molecular weight is 690 g/mol. The summed E-state index contributed by atoms with van der Waals surface area (Å²) in [7, 11) is 3.56. The molecule has 8 aliphatic carbocycles. The summed E-state index contributed by atoms with van der Waals surface area (Å²) in [5.41, 5.74) is 6.01. The van der Waals surface area contributed by atoms with E-state index in [4.69, 9.17) is 0 Å². The maximum atomic E-state index is 3.56. The third kappa shape index (κ3) is 1.12. The third-order valence-electron chi connectivity index (χ3n) is 18.7. The molecule has 0 amide bonds. The fourth-order valence-electron chi connectivity index (χ4n) is 18.7. The fraction of sp³-hybridized carbons (Fsp3) is 1.00. The fourth-order valence-corrected chi connectivity index (χ4v) is 27.1. The Balaban J connectivity index is 0.000000396. The van der Waals surface area contributed by atoms with Crippen molar-refractivity contribution in [3.05, 3.63) is 0 Å². The molecular formula is C33H58PTl. The summed E-state index contributed by atoms with van der Waals surface area (Å²) in [6, 6.07) is 0. The van der Waals surface area contributed by atoms with Gasteiger partial charge in [0.15, 0.2) is 0 Å². The van der Waals surface area contributed by atoms with Crippen molar-refractivity contribution in [3.63, 3.8) is 0 Å². The van der Waals surface area contributed by atoms with E-state index in [9.17, 15) is 0 Å². The van der Waals surface area contributed by atoms with Gasteiger partial charge in [0.25, 0.3) is 0 Å². The van der Waals surface area contributed by atoms with E-state index in [2.05, 4.69) is 92.3 Å². The van der Waals surface area contributed by atoms with Crippen LogP contribution in [0.4, 0.5) is 0 Å². The van der Waals surface area contributed by atoms with Crippen LogP contribution in [-0.4, -0.2) is 30.9 Å². The Labute approximate surface area is 238 Å². The predicted molar refractivity (Wildman–Crippen MR) is 157 cm³/mol. The normalized spacial score (nSPS) is 73.7. The molecule has 8 saturated carbocycles. The van der Waals surface area contributed by atoms with Gasteiger partial charge in [-0.1, -0.05) is 41.5 Å². The van der Waals surface area contributed by atoms with Crippen molar-refractivity contribution in [2.75, 3.05) is 0 Å². The van der Waals surface area contributed by atoms with Crippen molar-refractivity contribution in [2.45, 2.75) is 133 Å².